The molecule has 1 aromatic rings. The number of nitriles is 1. The largest absolute Gasteiger partial charge is 0.348 e. The minimum absolute atomic E-state index is 0.754. The molecule has 92 valence electrons. The Kier molecular flexibility index (Phi) is 6.18. The van der Waals surface area contributed by atoms with Crippen LogP contribution < -0.4 is 5.32 Å². The van der Waals surface area contributed by atoms with Crippen LogP contribution >= 0.6 is 11.8 Å². The summed E-state index contributed by atoms with van der Waals surface area (Å²) in [6.45, 7) is 2.03. The highest BCUT2D eigenvalue weighted by Crippen LogP contribution is 2.14. The fraction of sp³-hybridized carbons (Fsp3) is 0.545. The number of aliphatic imine (C=N–C) groups is 1. The molecule has 0 aliphatic carbocycles. The summed E-state index contributed by atoms with van der Waals surface area (Å²) in [6, 6.07) is 0. The summed E-state index contributed by atoms with van der Waals surface area (Å²) in [4.78, 5) is 11.3. The van der Waals surface area contributed by atoms with Crippen LogP contribution in [0.25, 0.3) is 0 Å². The van der Waals surface area contributed by atoms with Crippen molar-refractivity contribution in [1.29, 1.82) is 5.26 Å². The number of nitrogens with one attached hydrogen (secondary N) is 2. The van der Waals surface area contributed by atoms with Crippen molar-refractivity contribution >= 4 is 17.6 Å². The molecular formula is C11H17N5S. The molecular weight excluding hydrogens is 234 g/mol. The van der Waals surface area contributed by atoms with E-state index in [1.165, 1.54) is 0 Å². The van der Waals surface area contributed by atoms with E-state index in [2.05, 4.69) is 20.3 Å². The first-order valence-electron chi connectivity index (χ1n) is 5.45. The second-order valence-corrected chi connectivity index (χ2v) is 4.64. The molecule has 1 heterocycles. The third-order valence-electron chi connectivity index (χ3n) is 2.35. The summed E-state index contributed by atoms with van der Waals surface area (Å²) in [6.07, 6.45) is 5.44. The number of hydrogen-bond acceptors (Lipinski definition) is 4. The summed E-state index contributed by atoms with van der Waals surface area (Å²) in [5, 5.41) is 11.0. The van der Waals surface area contributed by atoms with Gasteiger partial charge in [-0.1, -0.05) is 0 Å². The van der Waals surface area contributed by atoms with E-state index in [0.717, 1.165) is 41.6 Å². The van der Waals surface area contributed by atoms with Crippen molar-refractivity contribution in [2.75, 3.05) is 12.8 Å². The number of aromatic amines is 1. The summed E-state index contributed by atoms with van der Waals surface area (Å²) >= 11 is 1.85. The van der Waals surface area contributed by atoms with Crippen LogP contribution in [0, 0.1) is 18.4 Å². The van der Waals surface area contributed by atoms with Crippen molar-refractivity contribution in [1.82, 2.24) is 15.3 Å². The van der Waals surface area contributed by atoms with Crippen LogP contribution in [0.15, 0.2) is 11.3 Å². The Bertz CT molecular complexity index is 404. The van der Waals surface area contributed by atoms with Crippen molar-refractivity contribution < 1.29 is 0 Å². The highest BCUT2D eigenvalue weighted by atomic mass is 32.2. The van der Waals surface area contributed by atoms with Crippen LogP contribution in [0.3, 0.4) is 0 Å². The average Bonchev–Trinajstić information content (AvgIpc) is 2.73. The van der Waals surface area contributed by atoms with Crippen LogP contribution in [0.1, 0.15) is 24.2 Å². The van der Waals surface area contributed by atoms with E-state index < -0.39 is 0 Å². The lowest BCUT2D eigenvalue weighted by Gasteiger charge is -2.02. The van der Waals surface area contributed by atoms with Gasteiger partial charge >= 0.3 is 0 Å². The molecule has 1 rings (SSSR count). The second-order valence-electron chi connectivity index (χ2n) is 3.54. The normalized spacial score (nSPS) is 11.2. The third kappa shape index (κ3) is 4.91. The molecule has 0 saturated heterocycles. The molecule has 0 aliphatic rings. The van der Waals surface area contributed by atoms with Crippen molar-refractivity contribution in [3.63, 3.8) is 0 Å². The number of rotatable bonds is 6. The van der Waals surface area contributed by atoms with Gasteiger partial charge in [0.05, 0.1) is 12.0 Å². The van der Waals surface area contributed by atoms with Crippen molar-refractivity contribution in [3.8, 4) is 6.19 Å². The molecule has 0 saturated carbocycles. The summed E-state index contributed by atoms with van der Waals surface area (Å²) in [5.74, 6) is 2.72. The molecule has 1 aromatic heterocycles. The van der Waals surface area contributed by atoms with Gasteiger partial charge in [-0.05, 0) is 19.1 Å². The summed E-state index contributed by atoms with van der Waals surface area (Å²) < 4.78 is 0. The average molecular weight is 251 g/mol. The Morgan fingerprint density at radius 2 is 2.53 bits per heavy atom. The molecule has 17 heavy (non-hydrogen) atoms. The summed E-state index contributed by atoms with van der Waals surface area (Å²) in [7, 11) is 1.69. The van der Waals surface area contributed by atoms with E-state index in [1.807, 2.05) is 24.9 Å². The Morgan fingerprint density at radius 3 is 3.12 bits per heavy atom. The number of aromatic nitrogens is 2. The molecule has 6 heteroatoms. The fourth-order valence-corrected chi connectivity index (χ4v) is 2.32. The van der Waals surface area contributed by atoms with Crippen molar-refractivity contribution in [2.24, 2.45) is 4.99 Å². The molecule has 0 bridgehead atoms. The lowest BCUT2D eigenvalue weighted by atomic mass is 10.3. The van der Waals surface area contributed by atoms with Crippen molar-refractivity contribution in [2.45, 2.75) is 25.5 Å². The smallest absolute Gasteiger partial charge is 0.182 e. The molecule has 2 N–H and O–H groups in total. The maximum atomic E-state index is 8.47. The topological polar surface area (TPSA) is 76.9 Å². The zero-order chi connectivity index (χ0) is 12.5. The van der Waals surface area contributed by atoms with Crippen LogP contribution in [0.5, 0.6) is 0 Å². The van der Waals surface area contributed by atoms with Gasteiger partial charge in [0, 0.05) is 24.9 Å². The third-order valence-corrected chi connectivity index (χ3v) is 3.40. The number of imidazole rings is 1. The molecule has 0 spiro atoms. The van der Waals surface area contributed by atoms with Crippen LogP contribution in [-0.4, -0.2) is 28.6 Å². The van der Waals surface area contributed by atoms with E-state index in [0.29, 0.717) is 0 Å². The first kappa shape index (κ1) is 13.6. The van der Waals surface area contributed by atoms with E-state index in [9.17, 15) is 0 Å². The standard InChI is InChI=1S/C11H17N5S/c1-9-10(16-8-15-9)6-17-5-3-4-11(13-2)14-7-12/h8H,3-6H2,1-2H3,(H,13,14)(H,15,16). The Morgan fingerprint density at radius 1 is 1.71 bits per heavy atom. The molecule has 0 aliphatic heterocycles. The van der Waals surface area contributed by atoms with Gasteiger partial charge in [0.2, 0.25) is 0 Å². The Balaban J connectivity index is 2.13. The molecule has 0 fully saturated rings. The van der Waals surface area contributed by atoms with Crippen LogP contribution in [0.2, 0.25) is 0 Å². The fourth-order valence-electron chi connectivity index (χ4n) is 1.34. The lowest BCUT2D eigenvalue weighted by Crippen LogP contribution is -2.17. The van der Waals surface area contributed by atoms with E-state index in [4.69, 9.17) is 5.26 Å². The Labute approximate surface area is 106 Å². The van der Waals surface area contributed by atoms with Gasteiger partial charge in [-0.2, -0.15) is 17.0 Å². The number of amidine groups is 1. The monoisotopic (exact) mass is 251 g/mol. The second kappa shape index (κ2) is 7.74. The van der Waals surface area contributed by atoms with Crippen molar-refractivity contribution in [3.05, 3.63) is 17.7 Å². The van der Waals surface area contributed by atoms with E-state index in [1.54, 1.807) is 13.4 Å². The number of hydrogen-bond donors (Lipinski definition) is 2. The molecule has 0 unspecified atom stereocenters. The zero-order valence-corrected chi connectivity index (χ0v) is 11.0. The first-order chi connectivity index (χ1) is 8.27. The van der Waals surface area contributed by atoms with Gasteiger partial charge < -0.3 is 4.98 Å². The molecule has 5 nitrogen and oxygen atoms in total. The predicted octanol–water partition coefficient (Wildman–Crippen LogP) is 1.83. The van der Waals surface area contributed by atoms with E-state index in [-0.39, 0.29) is 0 Å². The van der Waals surface area contributed by atoms with Gasteiger partial charge in [-0.15, -0.1) is 0 Å². The minimum Gasteiger partial charge on any atom is -0.348 e. The number of H-pyrrole nitrogens is 1. The zero-order valence-electron chi connectivity index (χ0n) is 10.2. The van der Waals surface area contributed by atoms with Gasteiger partial charge in [-0.3, -0.25) is 10.3 Å². The van der Waals surface area contributed by atoms with Gasteiger partial charge in [0.25, 0.3) is 0 Å². The van der Waals surface area contributed by atoms with Gasteiger partial charge in [-0.25, -0.2) is 4.98 Å². The van der Waals surface area contributed by atoms with Crippen LogP contribution in [0.4, 0.5) is 0 Å². The highest BCUT2D eigenvalue weighted by molar-refractivity contribution is 7.98. The molecule has 0 amide bonds. The van der Waals surface area contributed by atoms with Crippen LogP contribution in [-0.2, 0) is 5.75 Å². The molecule has 0 aromatic carbocycles. The number of thioether (sulfide) groups is 1. The van der Waals surface area contributed by atoms with Gasteiger partial charge in [0.15, 0.2) is 6.19 Å². The maximum Gasteiger partial charge on any atom is 0.182 e. The number of aryl methyl sites for hydroxylation is 1. The number of nitrogens with zero attached hydrogens (tertiary/aromatic N) is 3. The van der Waals surface area contributed by atoms with E-state index >= 15 is 0 Å². The molecule has 0 radical (unpaired) electrons. The highest BCUT2D eigenvalue weighted by Gasteiger charge is 2.01. The summed E-state index contributed by atoms with van der Waals surface area (Å²) in [5.41, 5.74) is 2.26. The first-order valence-corrected chi connectivity index (χ1v) is 6.60. The lowest BCUT2D eigenvalue weighted by molar-refractivity contribution is 0.966. The SMILES string of the molecule is CN=C(CCCSCc1nc[nH]c1C)NC#N. The molecule has 0 atom stereocenters. The quantitative estimate of drug-likeness (QED) is 0.266. The predicted molar refractivity (Wildman–Crippen MR) is 70.8 cm³/mol. The Hall–Kier alpha value is -1.48. The maximum absolute atomic E-state index is 8.47. The minimum atomic E-state index is 0.754. The van der Waals surface area contributed by atoms with Gasteiger partial charge in [0.1, 0.15) is 5.84 Å².